The molecule has 1 amide bonds. The van der Waals surface area contributed by atoms with E-state index in [4.69, 9.17) is 0 Å². The van der Waals surface area contributed by atoms with Gasteiger partial charge >= 0.3 is 0 Å². The van der Waals surface area contributed by atoms with E-state index in [9.17, 15) is 13.2 Å². The molecule has 1 N–H and O–H groups in total. The zero-order chi connectivity index (χ0) is 23.8. The van der Waals surface area contributed by atoms with E-state index in [-0.39, 0.29) is 10.8 Å². The summed E-state index contributed by atoms with van der Waals surface area (Å²) >= 11 is 1.32. The summed E-state index contributed by atoms with van der Waals surface area (Å²) in [6.07, 6.45) is 2.82. The van der Waals surface area contributed by atoms with Crippen molar-refractivity contribution in [2.24, 2.45) is 0 Å². The lowest BCUT2D eigenvalue weighted by Gasteiger charge is -2.25. The van der Waals surface area contributed by atoms with Crippen LogP contribution in [0.1, 0.15) is 51.9 Å². The van der Waals surface area contributed by atoms with Crippen LogP contribution in [0.3, 0.4) is 0 Å². The second kappa shape index (κ2) is 9.32. The quantitative estimate of drug-likeness (QED) is 0.558. The Morgan fingerprint density at radius 3 is 2.15 bits per heavy atom. The Balaban J connectivity index is 1.51. The van der Waals surface area contributed by atoms with Gasteiger partial charge in [0.2, 0.25) is 15.2 Å². The SMILES string of the molecule is Cc1cc(C)c(C)c(-c2nnc(NC(=O)c3ccc(S(=O)(=O)N4CCCCC4)cc3)s2)c1C. The summed E-state index contributed by atoms with van der Waals surface area (Å²) < 4.78 is 27.1. The molecule has 0 aliphatic carbocycles. The summed E-state index contributed by atoms with van der Waals surface area (Å²) in [5.41, 5.74) is 6.10. The van der Waals surface area contributed by atoms with Crippen molar-refractivity contribution in [1.82, 2.24) is 14.5 Å². The summed E-state index contributed by atoms with van der Waals surface area (Å²) in [4.78, 5) is 12.9. The highest BCUT2D eigenvalue weighted by Gasteiger charge is 2.26. The Labute approximate surface area is 198 Å². The monoisotopic (exact) mass is 484 g/mol. The molecule has 0 radical (unpaired) electrons. The minimum absolute atomic E-state index is 0.208. The minimum Gasteiger partial charge on any atom is -0.296 e. The first-order valence-electron chi connectivity index (χ1n) is 11.0. The van der Waals surface area contributed by atoms with Crippen LogP contribution in [0.4, 0.5) is 5.13 Å². The Morgan fingerprint density at radius 1 is 0.939 bits per heavy atom. The average molecular weight is 485 g/mol. The van der Waals surface area contributed by atoms with E-state index in [1.807, 2.05) is 0 Å². The molecule has 2 heterocycles. The molecular weight excluding hydrogens is 456 g/mol. The maximum atomic E-state index is 12.8. The fourth-order valence-corrected chi connectivity index (χ4v) is 6.53. The van der Waals surface area contributed by atoms with E-state index in [2.05, 4.69) is 49.3 Å². The predicted octanol–water partition coefficient (Wildman–Crippen LogP) is 4.87. The Hall–Kier alpha value is -2.62. The summed E-state index contributed by atoms with van der Waals surface area (Å²) in [5, 5.41) is 12.4. The van der Waals surface area contributed by atoms with Gasteiger partial charge in [0, 0.05) is 24.2 Å². The third-order valence-electron chi connectivity index (χ3n) is 6.29. The molecule has 174 valence electrons. The van der Waals surface area contributed by atoms with Crippen LogP contribution in [0, 0.1) is 27.7 Å². The lowest BCUT2D eigenvalue weighted by molar-refractivity contribution is 0.102. The molecule has 1 fully saturated rings. The molecule has 4 rings (SSSR count). The molecule has 3 aromatic rings. The number of carbonyl (C=O) groups excluding carboxylic acids is 1. The van der Waals surface area contributed by atoms with Crippen molar-refractivity contribution in [2.45, 2.75) is 51.9 Å². The van der Waals surface area contributed by atoms with Gasteiger partial charge < -0.3 is 0 Å². The van der Waals surface area contributed by atoms with E-state index in [0.29, 0.717) is 23.8 Å². The predicted molar refractivity (Wildman–Crippen MR) is 131 cm³/mol. The van der Waals surface area contributed by atoms with Gasteiger partial charge in [-0.1, -0.05) is 23.8 Å². The van der Waals surface area contributed by atoms with Crippen LogP contribution in [-0.2, 0) is 10.0 Å². The van der Waals surface area contributed by atoms with Crippen molar-refractivity contribution >= 4 is 32.4 Å². The topological polar surface area (TPSA) is 92.3 Å². The van der Waals surface area contributed by atoms with Crippen LogP contribution in [0.5, 0.6) is 0 Å². The molecule has 0 saturated carbocycles. The Bertz CT molecular complexity index is 1270. The van der Waals surface area contributed by atoms with Crippen molar-refractivity contribution in [2.75, 3.05) is 18.4 Å². The van der Waals surface area contributed by atoms with Crippen LogP contribution in [-0.4, -0.2) is 41.9 Å². The highest BCUT2D eigenvalue weighted by molar-refractivity contribution is 7.89. The maximum absolute atomic E-state index is 12.8. The number of rotatable bonds is 5. The first kappa shape index (κ1) is 23.5. The second-order valence-electron chi connectivity index (χ2n) is 8.49. The zero-order valence-corrected chi connectivity index (χ0v) is 20.9. The molecule has 1 aromatic heterocycles. The number of sulfonamides is 1. The van der Waals surface area contributed by atoms with Crippen molar-refractivity contribution < 1.29 is 13.2 Å². The van der Waals surface area contributed by atoms with Crippen molar-refractivity contribution in [1.29, 1.82) is 0 Å². The van der Waals surface area contributed by atoms with Crippen molar-refractivity contribution in [3.63, 3.8) is 0 Å². The number of anilines is 1. The first-order valence-corrected chi connectivity index (χ1v) is 13.3. The number of hydrogen-bond acceptors (Lipinski definition) is 6. The molecule has 2 aromatic carbocycles. The van der Waals surface area contributed by atoms with Gasteiger partial charge in [0.25, 0.3) is 5.91 Å². The van der Waals surface area contributed by atoms with E-state index < -0.39 is 10.0 Å². The third-order valence-corrected chi connectivity index (χ3v) is 9.06. The molecule has 1 saturated heterocycles. The lowest BCUT2D eigenvalue weighted by Crippen LogP contribution is -2.35. The number of hydrogen-bond donors (Lipinski definition) is 1. The number of nitrogens with zero attached hydrogens (tertiary/aromatic N) is 3. The Kier molecular flexibility index (Phi) is 6.65. The normalized spacial score (nSPS) is 14.9. The highest BCUT2D eigenvalue weighted by Crippen LogP contribution is 2.34. The summed E-state index contributed by atoms with van der Waals surface area (Å²) in [5.74, 6) is -0.353. The standard InChI is InChI=1S/C24H28N4O3S2/c1-15-14-16(2)18(4)21(17(15)3)23-26-27-24(32-23)25-22(29)19-8-10-20(11-9-19)33(30,31)28-12-6-5-7-13-28/h8-11,14H,5-7,12-13H2,1-4H3,(H,25,27,29). The smallest absolute Gasteiger partial charge is 0.257 e. The van der Waals surface area contributed by atoms with E-state index >= 15 is 0 Å². The summed E-state index contributed by atoms with van der Waals surface area (Å²) in [6.45, 7) is 9.37. The number of aryl methyl sites for hydroxylation is 2. The number of amides is 1. The van der Waals surface area contributed by atoms with Gasteiger partial charge in [-0.05, 0) is 87.1 Å². The van der Waals surface area contributed by atoms with Crippen molar-refractivity contribution in [3.05, 3.63) is 58.1 Å². The molecule has 1 aliphatic rings. The minimum atomic E-state index is -3.52. The van der Waals surface area contributed by atoms with E-state index in [1.54, 1.807) is 0 Å². The molecule has 0 bridgehead atoms. The van der Waals surface area contributed by atoms with Gasteiger partial charge in [-0.2, -0.15) is 4.31 Å². The molecule has 0 spiro atoms. The van der Waals surface area contributed by atoms with Crippen LogP contribution >= 0.6 is 11.3 Å². The summed E-state index contributed by atoms with van der Waals surface area (Å²) in [6, 6.07) is 8.21. The highest BCUT2D eigenvalue weighted by atomic mass is 32.2. The maximum Gasteiger partial charge on any atom is 0.257 e. The zero-order valence-electron chi connectivity index (χ0n) is 19.3. The van der Waals surface area contributed by atoms with Gasteiger partial charge in [-0.25, -0.2) is 8.42 Å². The molecule has 9 heteroatoms. The number of aromatic nitrogens is 2. The van der Waals surface area contributed by atoms with Crippen LogP contribution in [0.15, 0.2) is 35.2 Å². The number of piperidine rings is 1. The van der Waals surface area contributed by atoms with Gasteiger partial charge in [0.15, 0.2) is 0 Å². The fourth-order valence-electron chi connectivity index (χ4n) is 4.11. The van der Waals surface area contributed by atoms with Gasteiger partial charge in [-0.15, -0.1) is 10.2 Å². The average Bonchev–Trinajstić information content (AvgIpc) is 3.26. The summed E-state index contributed by atoms with van der Waals surface area (Å²) in [7, 11) is -3.52. The van der Waals surface area contributed by atoms with Crippen LogP contribution in [0.2, 0.25) is 0 Å². The molecular formula is C24H28N4O3S2. The molecule has 33 heavy (non-hydrogen) atoms. The largest absolute Gasteiger partial charge is 0.296 e. The number of nitrogens with one attached hydrogen (secondary N) is 1. The number of carbonyl (C=O) groups is 1. The van der Waals surface area contributed by atoms with Gasteiger partial charge in [0.05, 0.1) is 4.90 Å². The third kappa shape index (κ3) is 4.71. The van der Waals surface area contributed by atoms with Crippen LogP contribution < -0.4 is 5.32 Å². The van der Waals surface area contributed by atoms with Gasteiger partial charge in [-0.3, -0.25) is 10.1 Å². The molecule has 0 atom stereocenters. The first-order chi connectivity index (χ1) is 15.7. The lowest BCUT2D eigenvalue weighted by atomic mass is 9.95. The Morgan fingerprint density at radius 2 is 1.55 bits per heavy atom. The van der Waals surface area contributed by atoms with Crippen molar-refractivity contribution in [3.8, 4) is 10.6 Å². The van der Waals surface area contributed by atoms with E-state index in [1.165, 1.54) is 51.0 Å². The van der Waals surface area contributed by atoms with Gasteiger partial charge in [0.1, 0.15) is 5.01 Å². The number of benzene rings is 2. The molecule has 7 nitrogen and oxygen atoms in total. The van der Waals surface area contributed by atoms with Crippen LogP contribution in [0.25, 0.3) is 10.6 Å². The second-order valence-corrected chi connectivity index (χ2v) is 11.4. The van der Waals surface area contributed by atoms with E-state index in [0.717, 1.165) is 41.0 Å². The fraction of sp³-hybridized carbons (Fsp3) is 0.375. The molecule has 1 aliphatic heterocycles. The molecule has 0 unspecified atom stereocenters.